The first-order valence-electron chi connectivity index (χ1n) is 4.35. The molecule has 1 atom stereocenters. The summed E-state index contributed by atoms with van der Waals surface area (Å²) >= 11 is 0. The molecule has 3 N–H and O–H groups in total. The van der Waals surface area contributed by atoms with Crippen LogP contribution in [0.4, 0.5) is 4.39 Å². The monoisotopic (exact) mass is 214 g/mol. The van der Waals surface area contributed by atoms with Gasteiger partial charge in [-0.3, -0.25) is 4.79 Å². The lowest BCUT2D eigenvalue weighted by atomic mass is 10.0. The first-order valence-corrected chi connectivity index (χ1v) is 4.35. The third-order valence-electron chi connectivity index (χ3n) is 2.09. The summed E-state index contributed by atoms with van der Waals surface area (Å²) < 4.78 is 13.2. The number of benzene rings is 1. The van der Waals surface area contributed by atoms with E-state index in [0.717, 1.165) is 12.1 Å². The smallest absolute Gasteiger partial charge is 0.306 e. The third-order valence-corrected chi connectivity index (χ3v) is 2.09. The number of carbonyl (C=O) groups is 1. The van der Waals surface area contributed by atoms with Crippen molar-refractivity contribution in [1.82, 2.24) is 0 Å². The van der Waals surface area contributed by atoms with Gasteiger partial charge in [0.2, 0.25) is 0 Å². The van der Waals surface area contributed by atoms with Crippen molar-refractivity contribution in [2.75, 3.05) is 0 Å². The van der Waals surface area contributed by atoms with E-state index in [-0.39, 0.29) is 12.0 Å². The van der Waals surface area contributed by atoms with Crippen molar-refractivity contribution in [3.05, 3.63) is 23.5 Å². The summed E-state index contributed by atoms with van der Waals surface area (Å²) in [6.45, 7) is 1.44. The van der Waals surface area contributed by atoms with Crippen LogP contribution in [-0.2, 0) is 11.2 Å². The first kappa shape index (κ1) is 11.3. The Morgan fingerprint density at radius 1 is 1.40 bits per heavy atom. The van der Waals surface area contributed by atoms with Gasteiger partial charge in [-0.2, -0.15) is 0 Å². The van der Waals surface area contributed by atoms with Crippen molar-refractivity contribution < 1.29 is 24.5 Å². The molecule has 0 bridgehead atoms. The number of hydrogen-bond acceptors (Lipinski definition) is 3. The van der Waals surface area contributed by atoms with Gasteiger partial charge in [0.1, 0.15) is 5.82 Å². The number of phenolic OH excluding ortho intramolecular Hbond substituents is 2. The van der Waals surface area contributed by atoms with Crippen LogP contribution in [0.3, 0.4) is 0 Å². The minimum Gasteiger partial charge on any atom is -0.504 e. The van der Waals surface area contributed by atoms with Crippen LogP contribution in [0, 0.1) is 11.7 Å². The quantitative estimate of drug-likeness (QED) is 0.666. The summed E-state index contributed by atoms with van der Waals surface area (Å²) in [5.74, 6) is -3.52. The highest BCUT2D eigenvalue weighted by Gasteiger charge is 2.16. The fourth-order valence-electron chi connectivity index (χ4n) is 1.17. The van der Waals surface area contributed by atoms with E-state index in [1.54, 1.807) is 0 Å². The molecule has 1 aromatic rings. The molecular weight excluding hydrogens is 203 g/mol. The molecule has 4 nitrogen and oxygen atoms in total. The van der Waals surface area contributed by atoms with Gasteiger partial charge in [-0.25, -0.2) is 4.39 Å². The predicted molar refractivity (Wildman–Crippen MR) is 50.2 cm³/mol. The highest BCUT2D eigenvalue weighted by Crippen LogP contribution is 2.28. The molecule has 0 spiro atoms. The Hall–Kier alpha value is -1.78. The fraction of sp³-hybridized carbons (Fsp3) is 0.300. The van der Waals surface area contributed by atoms with Gasteiger partial charge in [0, 0.05) is 6.07 Å². The van der Waals surface area contributed by atoms with Gasteiger partial charge in [0.15, 0.2) is 11.5 Å². The molecule has 0 aliphatic carbocycles. The molecule has 0 unspecified atom stereocenters. The second kappa shape index (κ2) is 4.16. The molecule has 5 heteroatoms. The van der Waals surface area contributed by atoms with Crippen molar-refractivity contribution in [3.63, 3.8) is 0 Å². The van der Waals surface area contributed by atoms with Crippen LogP contribution in [0.5, 0.6) is 11.5 Å². The summed E-state index contributed by atoms with van der Waals surface area (Å²) in [5.41, 5.74) is 0.0696. The summed E-state index contributed by atoms with van der Waals surface area (Å²) in [6.07, 6.45) is -0.0327. The Morgan fingerprint density at radius 3 is 2.47 bits per heavy atom. The lowest BCUT2D eigenvalue weighted by Gasteiger charge is -2.08. The van der Waals surface area contributed by atoms with Gasteiger partial charge >= 0.3 is 5.97 Å². The molecule has 0 radical (unpaired) electrons. The topological polar surface area (TPSA) is 77.8 Å². The highest BCUT2D eigenvalue weighted by molar-refractivity contribution is 5.70. The number of halogens is 1. The van der Waals surface area contributed by atoms with Gasteiger partial charge in [-0.1, -0.05) is 6.92 Å². The molecular formula is C10H11FO4. The molecule has 0 fully saturated rings. The molecule has 1 rings (SSSR count). The lowest BCUT2D eigenvalue weighted by Crippen LogP contribution is -2.13. The van der Waals surface area contributed by atoms with E-state index in [1.165, 1.54) is 6.92 Å². The fourth-order valence-corrected chi connectivity index (χ4v) is 1.17. The molecule has 0 heterocycles. The Labute approximate surface area is 85.6 Å². The minimum absolute atomic E-state index is 0.0327. The third kappa shape index (κ3) is 2.59. The summed E-state index contributed by atoms with van der Waals surface area (Å²) in [7, 11) is 0. The zero-order valence-corrected chi connectivity index (χ0v) is 8.07. The van der Waals surface area contributed by atoms with Gasteiger partial charge in [0.05, 0.1) is 5.92 Å². The number of aromatic hydroxyl groups is 2. The van der Waals surface area contributed by atoms with Gasteiger partial charge in [0.25, 0.3) is 0 Å². The maximum absolute atomic E-state index is 13.2. The average molecular weight is 214 g/mol. The Bertz CT molecular complexity index is 389. The van der Waals surface area contributed by atoms with Crippen molar-refractivity contribution >= 4 is 5.97 Å². The summed E-state index contributed by atoms with van der Waals surface area (Å²) in [6, 6.07) is 1.79. The first-order chi connectivity index (χ1) is 6.91. The van der Waals surface area contributed by atoms with E-state index in [4.69, 9.17) is 15.3 Å². The van der Waals surface area contributed by atoms with E-state index >= 15 is 0 Å². The lowest BCUT2D eigenvalue weighted by molar-refractivity contribution is -0.141. The van der Waals surface area contributed by atoms with E-state index in [0.29, 0.717) is 0 Å². The molecule has 0 aliphatic heterocycles. The number of hydrogen-bond donors (Lipinski definition) is 3. The van der Waals surface area contributed by atoms with E-state index in [1.807, 2.05) is 0 Å². The standard InChI is InChI=1S/C10H11FO4/c1-5(10(14)15)2-6-3-8(12)9(13)4-7(6)11/h3-5,12-13H,2H2,1H3,(H,14,15)/t5-/m0/s1. The number of carboxylic acids is 1. The molecule has 0 aromatic heterocycles. The number of carboxylic acid groups (broad SMARTS) is 1. The zero-order valence-electron chi connectivity index (χ0n) is 8.07. The molecule has 0 amide bonds. The molecule has 15 heavy (non-hydrogen) atoms. The maximum Gasteiger partial charge on any atom is 0.306 e. The molecule has 82 valence electrons. The van der Waals surface area contributed by atoms with Gasteiger partial charge < -0.3 is 15.3 Å². The minimum atomic E-state index is -1.04. The van der Waals surface area contributed by atoms with E-state index < -0.39 is 29.2 Å². The normalized spacial score (nSPS) is 12.4. The SMILES string of the molecule is C[C@@H](Cc1cc(O)c(O)cc1F)C(=O)O. The zero-order chi connectivity index (χ0) is 11.6. The average Bonchev–Trinajstić information content (AvgIpc) is 2.13. The van der Waals surface area contributed by atoms with E-state index in [2.05, 4.69) is 0 Å². The van der Waals surface area contributed by atoms with Crippen molar-refractivity contribution in [2.45, 2.75) is 13.3 Å². The molecule has 0 aliphatic rings. The van der Waals surface area contributed by atoms with Gasteiger partial charge in [-0.15, -0.1) is 0 Å². The summed E-state index contributed by atoms with van der Waals surface area (Å²) in [4.78, 5) is 10.5. The predicted octanol–water partition coefficient (Wildman–Crippen LogP) is 1.50. The second-order valence-corrected chi connectivity index (χ2v) is 3.38. The number of phenols is 2. The molecule has 0 saturated heterocycles. The van der Waals surface area contributed by atoms with Crippen LogP contribution >= 0.6 is 0 Å². The van der Waals surface area contributed by atoms with Crippen LogP contribution in [0.25, 0.3) is 0 Å². The Kier molecular flexibility index (Phi) is 3.14. The largest absolute Gasteiger partial charge is 0.504 e. The number of aliphatic carboxylic acids is 1. The number of rotatable bonds is 3. The van der Waals surface area contributed by atoms with Crippen molar-refractivity contribution in [1.29, 1.82) is 0 Å². The maximum atomic E-state index is 13.2. The van der Waals surface area contributed by atoms with Crippen LogP contribution < -0.4 is 0 Å². The Balaban J connectivity index is 2.95. The van der Waals surface area contributed by atoms with Gasteiger partial charge in [-0.05, 0) is 18.1 Å². The van der Waals surface area contributed by atoms with Crippen molar-refractivity contribution in [2.24, 2.45) is 5.92 Å². The van der Waals surface area contributed by atoms with Crippen LogP contribution in [-0.4, -0.2) is 21.3 Å². The van der Waals surface area contributed by atoms with Crippen LogP contribution in [0.1, 0.15) is 12.5 Å². The van der Waals surface area contributed by atoms with Crippen molar-refractivity contribution in [3.8, 4) is 11.5 Å². The highest BCUT2D eigenvalue weighted by atomic mass is 19.1. The van der Waals surface area contributed by atoms with E-state index in [9.17, 15) is 9.18 Å². The Morgan fingerprint density at radius 2 is 1.93 bits per heavy atom. The second-order valence-electron chi connectivity index (χ2n) is 3.38. The van der Waals surface area contributed by atoms with Crippen LogP contribution in [0.2, 0.25) is 0 Å². The molecule has 1 aromatic carbocycles. The van der Waals surface area contributed by atoms with Crippen LogP contribution in [0.15, 0.2) is 12.1 Å². The summed E-state index contributed by atoms with van der Waals surface area (Å²) in [5, 5.41) is 26.7. The molecule has 0 saturated carbocycles.